The Labute approximate surface area is 109 Å². The van der Waals surface area contributed by atoms with E-state index in [9.17, 15) is 4.79 Å². The third-order valence-electron chi connectivity index (χ3n) is 2.35. The first kappa shape index (κ1) is 12.7. The summed E-state index contributed by atoms with van der Waals surface area (Å²) in [5, 5.41) is 11.9. The van der Waals surface area contributed by atoms with Crippen LogP contribution in [0, 0.1) is 0 Å². The van der Waals surface area contributed by atoms with Gasteiger partial charge in [-0.3, -0.25) is 10.1 Å². The van der Waals surface area contributed by atoms with E-state index in [1.807, 2.05) is 30.3 Å². The van der Waals surface area contributed by atoms with Crippen molar-refractivity contribution in [1.82, 2.24) is 5.32 Å². The quantitative estimate of drug-likeness (QED) is 0.873. The summed E-state index contributed by atoms with van der Waals surface area (Å²) >= 11 is 5.90. The highest BCUT2D eigenvalue weighted by Gasteiger charge is 2.05. The van der Waals surface area contributed by atoms with E-state index < -0.39 is 5.97 Å². The molecule has 0 aliphatic rings. The Morgan fingerprint density at radius 3 is 2.89 bits per heavy atom. The average molecular weight is 266 g/mol. The number of carboxylic acids is 1. The van der Waals surface area contributed by atoms with Gasteiger partial charge < -0.3 is 9.52 Å². The Bertz CT molecular complexity index is 551. The molecule has 1 aromatic heterocycles. The molecule has 18 heavy (non-hydrogen) atoms. The van der Waals surface area contributed by atoms with Crippen LogP contribution in [0.25, 0.3) is 11.3 Å². The summed E-state index contributed by atoms with van der Waals surface area (Å²) in [6.07, 6.45) is 0. The minimum atomic E-state index is -0.892. The second-order valence-corrected chi connectivity index (χ2v) is 4.21. The lowest BCUT2D eigenvalue weighted by Gasteiger charge is -1.99. The SMILES string of the molecule is O=C(O)CNCc1ccc(-c2cccc(Cl)c2)o1. The van der Waals surface area contributed by atoms with Crippen molar-refractivity contribution >= 4 is 17.6 Å². The highest BCUT2D eigenvalue weighted by Crippen LogP contribution is 2.24. The Morgan fingerprint density at radius 2 is 2.17 bits per heavy atom. The standard InChI is InChI=1S/C13H12ClNO3/c14-10-3-1-2-9(6-10)12-5-4-11(18-12)7-15-8-13(16)17/h1-6,15H,7-8H2,(H,16,17). The van der Waals surface area contributed by atoms with Crippen LogP contribution in [-0.4, -0.2) is 17.6 Å². The van der Waals surface area contributed by atoms with Crippen molar-refractivity contribution in [2.75, 3.05) is 6.54 Å². The fourth-order valence-corrected chi connectivity index (χ4v) is 1.75. The van der Waals surface area contributed by atoms with Crippen LogP contribution in [0.1, 0.15) is 5.76 Å². The number of nitrogens with one attached hydrogen (secondary N) is 1. The molecule has 0 aliphatic carbocycles. The zero-order chi connectivity index (χ0) is 13.0. The minimum Gasteiger partial charge on any atom is -0.480 e. The summed E-state index contributed by atoms with van der Waals surface area (Å²) in [5.41, 5.74) is 0.895. The molecule has 0 spiro atoms. The molecule has 0 radical (unpaired) electrons. The van der Waals surface area contributed by atoms with Gasteiger partial charge in [-0.25, -0.2) is 0 Å². The smallest absolute Gasteiger partial charge is 0.317 e. The summed E-state index contributed by atoms with van der Waals surface area (Å²) in [5.74, 6) is 0.507. The summed E-state index contributed by atoms with van der Waals surface area (Å²) < 4.78 is 5.59. The van der Waals surface area contributed by atoms with Crippen LogP contribution in [-0.2, 0) is 11.3 Å². The van der Waals surface area contributed by atoms with Crippen molar-refractivity contribution in [3.63, 3.8) is 0 Å². The summed E-state index contributed by atoms with van der Waals surface area (Å²) in [4.78, 5) is 10.3. The molecule has 0 aliphatic heterocycles. The van der Waals surface area contributed by atoms with Gasteiger partial charge in [0, 0.05) is 10.6 Å². The van der Waals surface area contributed by atoms with Crippen molar-refractivity contribution in [3.8, 4) is 11.3 Å². The molecular weight excluding hydrogens is 254 g/mol. The zero-order valence-corrected chi connectivity index (χ0v) is 10.3. The number of furan rings is 1. The fourth-order valence-electron chi connectivity index (χ4n) is 1.56. The Kier molecular flexibility index (Phi) is 4.02. The molecule has 5 heteroatoms. The number of hydrogen-bond donors (Lipinski definition) is 2. The minimum absolute atomic E-state index is 0.0901. The maximum absolute atomic E-state index is 10.3. The van der Waals surface area contributed by atoms with Crippen LogP contribution < -0.4 is 5.32 Å². The van der Waals surface area contributed by atoms with Gasteiger partial charge in [-0.05, 0) is 24.3 Å². The van der Waals surface area contributed by atoms with E-state index in [0.29, 0.717) is 23.1 Å². The molecule has 0 atom stereocenters. The van der Waals surface area contributed by atoms with Crippen LogP contribution >= 0.6 is 11.6 Å². The molecule has 2 N–H and O–H groups in total. The fraction of sp³-hybridized carbons (Fsp3) is 0.154. The second-order valence-electron chi connectivity index (χ2n) is 3.77. The van der Waals surface area contributed by atoms with Crippen LogP contribution in [0.15, 0.2) is 40.8 Å². The van der Waals surface area contributed by atoms with Gasteiger partial charge in [0.1, 0.15) is 11.5 Å². The largest absolute Gasteiger partial charge is 0.480 e. The number of aliphatic carboxylic acids is 1. The first-order chi connectivity index (χ1) is 8.65. The number of hydrogen-bond acceptors (Lipinski definition) is 3. The average Bonchev–Trinajstić information content (AvgIpc) is 2.77. The molecule has 0 unspecified atom stereocenters. The van der Waals surface area contributed by atoms with Crippen LogP contribution in [0.5, 0.6) is 0 Å². The molecule has 1 heterocycles. The van der Waals surface area contributed by atoms with Gasteiger partial charge in [-0.15, -0.1) is 0 Å². The third kappa shape index (κ3) is 3.35. The maximum Gasteiger partial charge on any atom is 0.317 e. The van der Waals surface area contributed by atoms with E-state index in [2.05, 4.69) is 5.32 Å². The number of carboxylic acid groups (broad SMARTS) is 1. The van der Waals surface area contributed by atoms with Crippen molar-refractivity contribution in [1.29, 1.82) is 0 Å². The van der Waals surface area contributed by atoms with Crippen molar-refractivity contribution in [3.05, 3.63) is 47.2 Å². The lowest BCUT2D eigenvalue weighted by atomic mass is 10.2. The van der Waals surface area contributed by atoms with Crippen molar-refractivity contribution < 1.29 is 14.3 Å². The molecule has 94 valence electrons. The van der Waals surface area contributed by atoms with Crippen LogP contribution in [0.3, 0.4) is 0 Å². The lowest BCUT2D eigenvalue weighted by molar-refractivity contribution is -0.136. The lowest BCUT2D eigenvalue weighted by Crippen LogP contribution is -2.21. The van der Waals surface area contributed by atoms with E-state index in [-0.39, 0.29) is 6.54 Å². The van der Waals surface area contributed by atoms with Gasteiger partial charge in [0.15, 0.2) is 0 Å². The maximum atomic E-state index is 10.3. The predicted octanol–water partition coefficient (Wildman–Crippen LogP) is 2.77. The van der Waals surface area contributed by atoms with E-state index >= 15 is 0 Å². The van der Waals surface area contributed by atoms with Gasteiger partial charge in [0.25, 0.3) is 0 Å². The Hall–Kier alpha value is -1.78. The normalized spacial score (nSPS) is 10.5. The summed E-state index contributed by atoms with van der Waals surface area (Å²) in [6, 6.07) is 11.0. The van der Waals surface area contributed by atoms with Gasteiger partial charge in [0.05, 0.1) is 13.1 Å². The third-order valence-corrected chi connectivity index (χ3v) is 2.58. The predicted molar refractivity (Wildman–Crippen MR) is 68.5 cm³/mol. The van der Waals surface area contributed by atoms with Crippen LogP contribution in [0.2, 0.25) is 5.02 Å². The summed E-state index contributed by atoms with van der Waals surface area (Å²) in [7, 11) is 0. The first-order valence-corrected chi connectivity index (χ1v) is 5.80. The molecule has 4 nitrogen and oxygen atoms in total. The van der Waals surface area contributed by atoms with E-state index in [1.54, 1.807) is 6.07 Å². The van der Waals surface area contributed by atoms with E-state index in [0.717, 1.165) is 5.56 Å². The molecule has 0 amide bonds. The molecule has 2 aromatic rings. The molecule has 1 aromatic carbocycles. The molecule has 0 saturated heterocycles. The van der Waals surface area contributed by atoms with E-state index in [4.69, 9.17) is 21.1 Å². The first-order valence-electron chi connectivity index (χ1n) is 5.42. The Balaban J connectivity index is 2.04. The van der Waals surface area contributed by atoms with Gasteiger partial charge in [-0.2, -0.15) is 0 Å². The van der Waals surface area contributed by atoms with Gasteiger partial charge in [-0.1, -0.05) is 23.7 Å². The molecule has 0 saturated carbocycles. The number of rotatable bonds is 5. The van der Waals surface area contributed by atoms with Crippen LogP contribution in [0.4, 0.5) is 0 Å². The van der Waals surface area contributed by atoms with Gasteiger partial charge in [0.2, 0.25) is 0 Å². The topological polar surface area (TPSA) is 62.5 Å². The Morgan fingerprint density at radius 1 is 1.33 bits per heavy atom. The number of halogens is 1. The zero-order valence-electron chi connectivity index (χ0n) is 9.52. The monoisotopic (exact) mass is 265 g/mol. The molecular formula is C13H12ClNO3. The summed E-state index contributed by atoms with van der Waals surface area (Å²) in [6.45, 7) is 0.292. The van der Waals surface area contributed by atoms with Crippen molar-refractivity contribution in [2.45, 2.75) is 6.54 Å². The van der Waals surface area contributed by atoms with Gasteiger partial charge >= 0.3 is 5.97 Å². The van der Waals surface area contributed by atoms with E-state index in [1.165, 1.54) is 0 Å². The van der Waals surface area contributed by atoms with Crippen molar-refractivity contribution in [2.24, 2.45) is 0 Å². The highest BCUT2D eigenvalue weighted by molar-refractivity contribution is 6.30. The molecule has 0 fully saturated rings. The second kappa shape index (κ2) is 5.71. The number of carbonyl (C=O) groups is 1. The number of benzene rings is 1. The molecule has 0 bridgehead atoms. The molecule has 2 rings (SSSR count). The highest BCUT2D eigenvalue weighted by atomic mass is 35.5.